The van der Waals surface area contributed by atoms with Crippen molar-refractivity contribution in [2.75, 3.05) is 24.4 Å². The van der Waals surface area contributed by atoms with Crippen molar-refractivity contribution in [1.82, 2.24) is 0 Å². The summed E-state index contributed by atoms with van der Waals surface area (Å²) in [5.74, 6) is -0.676. The normalized spacial score (nSPS) is 14.9. The van der Waals surface area contributed by atoms with Crippen LogP contribution in [0.3, 0.4) is 0 Å². The molecule has 0 spiro atoms. The van der Waals surface area contributed by atoms with Gasteiger partial charge in [-0.25, -0.2) is 9.59 Å². The van der Waals surface area contributed by atoms with Gasteiger partial charge >= 0.3 is 11.9 Å². The molecule has 1 saturated heterocycles. The molecule has 164 valence electrons. The second-order valence-corrected chi connectivity index (χ2v) is 7.68. The van der Waals surface area contributed by atoms with E-state index in [1.807, 2.05) is 30.5 Å². The van der Waals surface area contributed by atoms with Crippen molar-refractivity contribution in [2.45, 2.75) is 37.1 Å². The van der Waals surface area contributed by atoms with Gasteiger partial charge in [0.15, 0.2) is 0 Å². The van der Waals surface area contributed by atoms with Crippen molar-refractivity contribution >= 4 is 35.3 Å². The fourth-order valence-electron chi connectivity index (χ4n) is 3.50. The number of carbonyl (C=O) groups is 3. The van der Waals surface area contributed by atoms with Gasteiger partial charge in [0, 0.05) is 23.4 Å². The average Bonchev–Trinajstić information content (AvgIpc) is 3.13. The maximum absolute atomic E-state index is 12.8. The molecule has 0 bridgehead atoms. The molecule has 0 radical (unpaired) electrons. The largest absolute Gasteiger partial charge is 0.464 e. The van der Waals surface area contributed by atoms with Gasteiger partial charge in [0.2, 0.25) is 11.4 Å². The molecule has 8 heteroatoms. The summed E-state index contributed by atoms with van der Waals surface area (Å²) in [6.07, 6.45) is 2.04. The van der Waals surface area contributed by atoms with Gasteiger partial charge in [-0.05, 0) is 68.6 Å². The first-order valence-electron chi connectivity index (χ1n) is 10.1. The number of thioether (sulfide) groups is 1. The van der Waals surface area contributed by atoms with Crippen molar-refractivity contribution in [1.29, 1.82) is 0 Å². The number of hydrogen-bond donors (Lipinski definition) is 0. The van der Waals surface area contributed by atoms with Crippen LogP contribution in [0.25, 0.3) is 0 Å². The Balaban J connectivity index is 1.89. The zero-order valence-electron chi connectivity index (χ0n) is 17.8. The molecule has 7 nitrogen and oxygen atoms in total. The second-order valence-electron chi connectivity index (χ2n) is 6.80. The minimum absolute atomic E-state index is 0.00351. The zero-order chi connectivity index (χ0) is 22.4. The summed E-state index contributed by atoms with van der Waals surface area (Å²) in [5.41, 5.74) is -1.42. The molecule has 1 aliphatic heterocycles. The zero-order valence-corrected chi connectivity index (χ0v) is 18.6. The molecule has 0 unspecified atom stereocenters. The van der Waals surface area contributed by atoms with Gasteiger partial charge in [0.1, 0.15) is 11.5 Å². The quantitative estimate of drug-likeness (QED) is 0.344. The van der Waals surface area contributed by atoms with E-state index in [1.165, 1.54) is 4.90 Å². The molecule has 0 N–H and O–H groups in total. The minimum Gasteiger partial charge on any atom is -0.464 e. The van der Waals surface area contributed by atoms with Crippen LogP contribution < -0.4 is 9.64 Å². The summed E-state index contributed by atoms with van der Waals surface area (Å²) in [6.45, 7) is 3.47. The Hall–Kier alpha value is -3.00. The highest BCUT2D eigenvalue weighted by atomic mass is 32.2. The van der Waals surface area contributed by atoms with E-state index in [0.717, 1.165) is 4.90 Å². The molecule has 1 fully saturated rings. The highest BCUT2D eigenvalue weighted by molar-refractivity contribution is 7.98. The van der Waals surface area contributed by atoms with Gasteiger partial charge < -0.3 is 14.2 Å². The first kappa shape index (κ1) is 22.7. The number of amides is 1. The lowest BCUT2D eigenvalue weighted by atomic mass is 9.95. The van der Waals surface area contributed by atoms with Crippen molar-refractivity contribution in [3.63, 3.8) is 0 Å². The lowest BCUT2D eigenvalue weighted by Crippen LogP contribution is -2.59. The number of benzene rings is 2. The number of rotatable bonds is 8. The Bertz CT molecular complexity index is 924. The number of carbonyl (C=O) groups excluding carboxylic acids is 3. The van der Waals surface area contributed by atoms with Crippen molar-refractivity contribution in [3.05, 3.63) is 48.5 Å². The molecular formula is C23H25NO6S. The fourth-order valence-corrected chi connectivity index (χ4v) is 3.91. The van der Waals surface area contributed by atoms with E-state index in [1.54, 1.807) is 49.9 Å². The molecule has 0 saturated carbocycles. The number of hydrogen-bond acceptors (Lipinski definition) is 7. The molecule has 0 aliphatic carbocycles. The number of anilines is 1. The summed E-state index contributed by atoms with van der Waals surface area (Å²) < 4.78 is 16.2. The van der Waals surface area contributed by atoms with Gasteiger partial charge in [0.05, 0.1) is 13.2 Å². The number of esters is 2. The molecule has 0 aromatic heterocycles. The van der Waals surface area contributed by atoms with E-state index in [0.29, 0.717) is 17.2 Å². The minimum atomic E-state index is -1.82. The van der Waals surface area contributed by atoms with E-state index in [9.17, 15) is 14.4 Å². The van der Waals surface area contributed by atoms with E-state index in [2.05, 4.69) is 0 Å². The van der Waals surface area contributed by atoms with Gasteiger partial charge in [-0.15, -0.1) is 11.8 Å². The lowest BCUT2D eigenvalue weighted by Gasteiger charge is -2.33. The fraction of sp³-hybridized carbons (Fsp3) is 0.348. The lowest BCUT2D eigenvalue weighted by molar-refractivity contribution is -0.164. The maximum Gasteiger partial charge on any atom is 0.344 e. The molecule has 1 amide bonds. The molecule has 0 atom stereocenters. The Morgan fingerprint density at radius 1 is 0.935 bits per heavy atom. The maximum atomic E-state index is 12.8. The Morgan fingerprint density at radius 2 is 1.45 bits per heavy atom. The van der Waals surface area contributed by atoms with Crippen LogP contribution in [0.1, 0.15) is 26.7 Å². The van der Waals surface area contributed by atoms with Crippen LogP contribution >= 0.6 is 11.8 Å². The van der Waals surface area contributed by atoms with Crippen LogP contribution in [-0.2, 0) is 23.9 Å². The Kier molecular flexibility index (Phi) is 7.22. The third kappa shape index (κ3) is 4.54. The molecule has 31 heavy (non-hydrogen) atoms. The third-order valence-corrected chi connectivity index (χ3v) is 5.69. The standard InChI is InChI=1S/C23H25NO6S/c1-4-28-21(26)23(22(27)29-5-2)15-14-20(25)24(23)16-6-8-17(9-7-16)30-18-10-12-19(31-3)13-11-18/h6-13H,4-5,14-15H2,1-3H3. The van der Waals surface area contributed by atoms with Gasteiger partial charge in [-0.1, -0.05) is 0 Å². The third-order valence-electron chi connectivity index (χ3n) is 4.95. The Morgan fingerprint density at radius 3 is 1.94 bits per heavy atom. The molecule has 1 aliphatic rings. The van der Waals surface area contributed by atoms with Crippen LogP contribution in [0.2, 0.25) is 0 Å². The highest BCUT2D eigenvalue weighted by Gasteiger charge is 2.60. The molecule has 2 aromatic carbocycles. The van der Waals surface area contributed by atoms with E-state index in [4.69, 9.17) is 14.2 Å². The van der Waals surface area contributed by atoms with Gasteiger partial charge in [-0.2, -0.15) is 0 Å². The van der Waals surface area contributed by atoms with Crippen molar-refractivity contribution < 1.29 is 28.6 Å². The van der Waals surface area contributed by atoms with Gasteiger partial charge in [0.25, 0.3) is 0 Å². The van der Waals surface area contributed by atoms with Crippen LogP contribution in [0, 0.1) is 0 Å². The van der Waals surface area contributed by atoms with Crippen LogP contribution in [0.15, 0.2) is 53.4 Å². The topological polar surface area (TPSA) is 82.1 Å². The van der Waals surface area contributed by atoms with Crippen molar-refractivity contribution in [2.24, 2.45) is 0 Å². The smallest absolute Gasteiger partial charge is 0.344 e. The van der Waals surface area contributed by atoms with Crippen molar-refractivity contribution in [3.8, 4) is 11.5 Å². The van der Waals surface area contributed by atoms with E-state index < -0.39 is 17.5 Å². The first-order chi connectivity index (χ1) is 15.0. The summed E-state index contributed by atoms with van der Waals surface area (Å²) in [4.78, 5) is 40.7. The number of ether oxygens (including phenoxy) is 3. The van der Waals surface area contributed by atoms with E-state index in [-0.39, 0.29) is 32.0 Å². The SMILES string of the molecule is CCOC(=O)C1(C(=O)OCC)CCC(=O)N1c1ccc(Oc2ccc(SC)cc2)cc1. The monoisotopic (exact) mass is 443 g/mol. The Labute approximate surface area is 185 Å². The molecule has 1 heterocycles. The van der Waals surface area contributed by atoms with Crippen LogP contribution in [0.5, 0.6) is 11.5 Å². The summed E-state index contributed by atoms with van der Waals surface area (Å²) in [5, 5.41) is 0. The molecule has 3 rings (SSSR count). The molecular weight excluding hydrogens is 418 g/mol. The second kappa shape index (κ2) is 9.87. The summed E-state index contributed by atoms with van der Waals surface area (Å²) in [6, 6.07) is 14.3. The summed E-state index contributed by atoms with van der Waals surface area (Å²) in [7, 11) is 0. The van der Waals surface area contributed by atoms with Gasteiger partial charge in [-0.3, -0.25) is 9.69 Å². The van der Waals surface area contributed by atoms with Crippen LogP contribution in [0.4, 0.5) is 5.69 Å². The molecule has 2 aromatic rings. The number of nitrogens with zero attached hydrogens (tertiary/aromatic N) is 1. The highest BCUT2D eigenvalue weighted by Crippen LogP contribution is 2.38. The van der Waals surface area contributed by atoms with E-state index >= 15 is 0 Å². The predicted molar refractivity (Wildman–Crippen MR) is 117 cm³/mol. The summed E-state index contributed by atoms with van der Waals surface area (Å²) >= 11 is 1.64. The predicted octanol–water partition coefficient (Wildman–Crippen LogP) is 4.19. The average molecular weight is 444 g/mol. The first-order valence-corrected chi connectivity index (χ1v) is 11.3. The van der Waals surface area contributed by atoms with Crippen LogP contribution in [-0.4, -0.2) is 42.9 Å².